The van der Waals surface area contributed by atoms with E-state index in [1.807, 2.05) is 0 Å². The number of hydrogen-bond acceptors (Lipinski definition) is 2. The third-order valence-electron chi connectivity index (χ3n) is 1.32. The summed E-state index contributed by atoms with van der Waals surface area (Å²) < 4.78 is 0. The minimum absolute atomic E-state index is 0.264. The highest BCUT2D eigenvalue weighted by Gasteiger charge is 1.95. The number of thioether (sulfide) groups is 1. The highest BCUT2D eigenvalue weighted by Crippen LogP contribution is 2.07. The summed E-state index contributed by atoms with van der Waals surface area (Å²) in [6.45, 7) is 0. The normalized spacial score (nSPS) is 9.25. The molecule has 0 aromatic carbocycles. The van der Waals surface area contributed by atoms with Gasteiger partial charge in [0, 0.05) is 12.2 Å². The lowest BCUT2D eigenvalue weighted by atomic mass is 10.3. The molecule has 0 aromatic heterocycles. The van der Waals surface area contributed by atoms with Gasteiger partial charge in [-0.15, -0.1) is 12.3 Å². The fourth-order valence-corrected chi connectivity index (χ4v) is 1.62. The van der Waals surface area contributed by atoms with Crippen molar-refractivity contribution < 1.29 is 9.90 Å². The molecule has 0 unspecified atom stereocenters. The summed E-state index contributed by atoms with van der Waals surface area (Å²) in [5.41, 5.74) is 0. The summed E-state index contributed by atoms with van der Waals surface area (Å²) in [7, 11) is 0. The number of carbonyl (C=O) groups is 1. The largest absolute Gasteiger partial charge is 0.481 e. The van der Waals surface area contributed by atoms with Gasteiger partial charge in [0.1, 0.15) is 0 Å². The Balaban J connectivity index is 2.92. The number of terminal acetylenes is 1. The minimum atomic E-state index is -0.717. The lowest BCUT2D eigenvalue weighted by Crippen LogP contribution is -1.96. The summed E-state index contributed by atoms with van der Waals surface area (Å²) in [5, 5.41) is 8.31. The Morgan fingerprint density at radius 3 is 2.75 bits per heavy atom. The average Bonchev–Trinajstić information content (AvgIpc) is 2.02. The van der Waals surface area contributed by atoms with Crippen LogP contribution in [0.25, 0.3) is 0 Å². The standard InChI is InChI=1S/C9H14O2S/c1-2-3-4-5-7-12-8-6-9(10)11/h1H,3-8H2,(H,10,11). The maximum Gasteiger partial charge on any atom is 0.304 e. The monoisotopic (exact) mass is 186 g/mol. The van der Waals surface area contributed by atoms with Gasteiger partial charge in [-0.05, 0) is 18.6 Å². The van der Waals surface area contributed by atoms with E-state index in [9.17, 15) is 4.79 Å². The molecular weight excluding hydrogens is 172 g/mol. The summed E-state index contributed by atoms with van der Waals surface area (Å²) in [6, 6.07) is 0. The second kappa shape index (κ2) is 8.48. The molecule has 0 atom stereocenters. The Morgan fingerprint density at radius 2 is 2.17 bits per heavy atom. The van der Waals surface area contributed by atoms with E-state index in [4.69, 9.17) is 11.5 Å². The van der Waals surface area contributed by atoms with Crippen LogP contribution in [-0.2, 0) is 4.79 Å². The Hall–Kier alpha value is -0.620. The van der Waals surface area contributed by atoms with Crippen LogP contribution in [0.3, 0.4) is 0 Å². The van der Waals surface area contributed by atoms with Crippen molar-refractivity contribution in [1.29, 1.82) is 0 Å². The first-order chi connectivity index (χ1) is 5.77. The van der Waals surface area contributed by atoms with E-state index in [1.165, 1.54) is 0 Å². The van der Waals surface area contributed by atoms with E-state index in [2.05, 4.69) is 5.92 Å². The maximum absolute atomic E-state index is 10.1. The fraction of sp³-hybridized carbons (Fsp3) is 0.667. The zero-order valence-electron chi connectivity index (χ0n) is 7.08. The molecule has 0 aliphatic heterocycles. The Morgan fingerprint density at radius 1 is 1.42 bits per heavy atom. The minimum Gasteiger partial charge on any atom is -0.481 e. The van der Waals surface area contributed by atoms with Crippen molar-refractivity contribution in [2.75, 3.05) is 11.5 Å². The molecule has 0 aromatic rings. The van der Waals surface area contributed by atoms with Crippen LogP contribution in [0.5, 0.6) is 0 Å². The molecule has 3 heteroatoms. The Kier molecular flexibility index (Phi) is 8.04. The molecule has 1 N–H and O–H groups in total. The lowest BCUT2D eigenvalue weighted by molar-refractivity contribution is -0.136. The SMILES string of the molecule is C#CCCCCSCCC(=O)O. The third kappa shape index (κ3) is 9.38. The smallest absolute Gasteiger partial charge is 0.304 e. The lowest BCUT2D eigenvalue weighted by Gasteiger charge is -1.97. The van der Waals surface area contributed by atoms with Gasteiger partial charge in [-0.1, -0.05) is 0 Å². The van der Waals surface area contributed by atoms with E-state index >= 15 is 0 Å². The predicted octanol–water partition coefficient (Wildman–Crippen LogP) is 2.00. The third-order valence-corrected chi connectivity index (χ3v) is 2.39. The van der Waals surface area contributed by atoms with Crippen molar-refractivity contribution >= 4 is 17.7 Å². The number of aliphatic carboxylic acids is 1. The van der Waals surface area contributed by atoms with E-state index in [0.717, 1.165) is 25.0 Å². The van der Waals surface area contributed by atoms with Crippen molar-refractivity contribution in [3.63, 3.8) is 0 Å². The summed E-state index contributed by atoms with van der Waals surface area (Å²) in [4.78, 5) is 10.1. The number of carboxylic acid groups (broad SMARTS) is 1. The van der Waals surface area contributed by atoms with Crippen molar-refractivity contribution in [3.05, 3.63) is 0 Å². The van der Waals surface area contributed by atoms with Gasteiger partial charge in [-0.25, -0.2) is 0 Å². The van der Waals surface area contributed by atoms with Crippen LogP contribution in [0.4, 0.5) is 0 Å². The summed E-state index contributed by atoms with van der Waals surface area (Å²) >= 11 is 1.68. The molecule has 68 valence electrons. The molecule has 0 aliphatic rings. The van der Waals surface area contributed by atoms with Crippen molar-refractivity contribution in [3.8, 4) is 12.3 Å². The van der Waals surface area contributed by atoms with Gasteiger partial charge in [0.15, 0.2) is 0 Å². The Labute approximate surface area is 77.7 Å². The average molecular weight is 186 g/mol. The number of unbranched alkanes of at least 4 members (excludes halogenated alkanes) is 2. The van der Waals surface area contributed by atoms with Crippen LogP contribution in [-0.4, -0.2) is 22.6 Å². The highest BCUT2D eigenvalue weighted by molar-refractivity contribution is 7.99. The maximum atomic E-state index is 10.1. The number of rotatable bonds is 7. The van der Waals surface area contributed by atoms with Gasteiger partial charge in [-0.3, -0.25) is 4.79 Å². The summed E-state index contributed by atoms with van der Waals surface area (Å²) in [6.07, 6.45) is 8.32. The second-order valence-electron chi connectivity index (χ2n) is 2.42. The zero-order valence-corrected chi connectivity index (χ0v) is 7.90. The van der Waals surface area contributed by atoms with Gasteiger partial charge in [-0.2, -0.15) is 11.8 Å². The number of hydrogen-bond donors (Lipinski definition) is 1. The van der Waals surface area contributed by atoms with Gasteiger partial charge >= 0.3 is 5.97 Å². The van der Waals surface area contributed by atoms with Gasteiger partial charge in [0.25, 0.3) is 0 Å². The molecule has 12 heavy (non-hydrogen) atoms. The molecule has 0 bridgehead atoms. The first-order valence-electron chi connectivity index (χ1n) is 4.00. The predicted molar refractivity (Wildman–Crippen MR) is 52.3 cm³/mol. The quantitative estimate of drug-likeness (QED) is 0.488. The molecule has 0 fully saturated rings. The topological polar surface area (TPSA) is 37.3 Å². The van der Waals surface area contributed by atoms with E-state index in [-0.39, 0.29) is 6.42 Å². The molecule has 0 radical (unpaired) electrons. The van der Waals surface area contributed by atoms with Crippen LogP contribution < -0.4 is 0 Å². The van der Waals surface area contributed by atoms with Crippen molar-refractivity contribution in [2.24, 2.45) is 0 Å². The second-order valence-corrected chi connectivity index (χ2v) is 3.64. The molecule has 0 saturated carbocycles. The van der Waals surface area contributed by atoms with Gasteiger partial charge < -0.3 is 5.11 Å². The Bertz CT molecular complexity index is 160. The fourth-order valence-electron chi connectivity index (χ4n) is 0.693. The van der Waals surface area contributed by atoms with Gasteiger partial charge in [0.05, 0.1) is 6.42 Å². The van der Waals surface area contributed by atoms with Crippen molar-refractivity contribution in [2.45, 2.75) is 25.7 Å². The van der Waals surface area contributed by atoms with Crippen molar-refractivity contribution in [1.82, 2.24) is 0 Å². The molecule has 0 aliphatic carbocycles. The van der Waals surface area contributed by atoms with Crippen LogP contribution in [0.1, 0.15) is 25.7 Å². The molecule has 0 saturated heterocycles. The highest BCUT2D eigenvalue weighted by atomic mass is 32.2. The van der Waals surface area contributed by atoms with Gasteiger partial charge in [0.2, 0.25) is 0 Å². The molecule has 0 rings (SSSR count). The van der Waals surface area contributed by atoms with Crippen LogP contribution >= 0.6 is 11.8 Å². The molecule has 0 amide bonds. The molecular formula is C9H14O2S. The van der Waals surface area contributed by atoms with E-state index in [0.29, 0.717) is 5.75 Å². The molecule has 2 nitrogen and oxygen atoms in total. The van der Waals surface area contributed by atoms with Crippen LogP contribution in [0, 0.1) is 12.3 Å². The number of carboxylic acids is 1. The zero-order chi connectivity index (χ0) is 9.23. The molecule has 0 spiro atoms. The first-order valence-corrected chi connectivity index (χ1v) is 5.16. The first kappa shape index (κ1) is 11.4. The van der Waals surface area contributed by atoms with Crippen LogP contribution in [0.2, 0.25) is 0 Å². The summed E-state index contributed by atoms with van der Waals surface area (Å²) in [5.74, 6) is 3.59. The van der Waals surface area contributed by atoms with E-state index < -0.39 is 5.97 Å². The van der Waals surface area contributed by atoms with Crippen LogP contribution in [0.15, 0.2) is 0 Å². The van der Waals surface area contributed by atoms with E-state index in [1.54, 1.807) is 11.8 Å². The molecule has 0 heterocycles.